The summed E-state index contributed by atoms with van der Waals surface area (Å²) in [6.07, 6.45) is 9.55. The fraction of sp³-hybridized carbons (Fsp3) is 0.360. The maximum Gasteiger partial charge on any atom is 0.0252 e. The van der Waals surface area contributed by atoms with Gasteiger partial charge in [-0.15, -0.1) is 0 Å². The molecule has 3 rings (SSSR count). The van der Waals surface area contributed by atoms with Gasteiger partial charge in [0.2, 0.25) is 0 Å². The van der Waals surface area contributed by atoms with E-state index >= 15 is 0 Å². The average molecular weight is 328 g/mol. The molecule has 0 N–H and O–H groups in total. The SMILES string of the molecule is CCCc1cc(C#CC2=CCC(CC)CC2)ccc1-c1ccccc1. The molecule has 1 aliphatic carbocycles. The molecular formula is C25H28. The summed E-state index contributed by atoms with van der Waals surface area (Å²) in [5.41, 5.74) is 6.52. The lowest BCUT2D eigenvalue weighted by Gasteiger charge is -2.17. The van der Waals surface area contributed by atoms with Crippen molar-refractivity contribution >= 4 is 0 Å². The van der Waals surface area contributed by atoms with Crippen LogP contribution in [0.3, 0.4) is 0 Å². The van der Waals surface area contributed by atoms with Gasteiger partial charge in [-0.1, -0.05) is 81.0 Å². The first-order chi connectivity index (χ1) is 12.3. The first-order valence-corrected chi connectivity index (χ1v) is 9.69. The highest BCUT2D eigenvalue weighted by Gasteiger charge is 2.11. The Morgan fingerprint density at radius 1 is 1.00 bits per heavy atom. The highest BCUT2D eigenvalue weighted by atomic mass is 14.2. The Bertz CT molecular complexity index is 784. The second-order valence-electron chi connectivity index (χ2n) is 7.02. The van der Waals surface area contributed by atoms with E-state index in [-0.39, 0.29) is 0 Å². The monoisotopic (exact) mass is 328 g/mol. The van der Waals surface area contributed by atoms with Crippen molar-refractivity contribution in [1.29, 1.82) is 0 Å². The summed E-state index contributed by atoms with van der Waals surface area (Å²) in [5.74, 6) is 7.70. The zero-order valence-corrected chi connectivity index (χ0v) is 15.5. The zero-order chi connectivity index (χ0) is 17.5. The molecular weight excluding hydrogens is 300 g/mol. The van der Waals surface area contributed by atoms with Gasteiger partial charge in [0.15, 0.2) is 0 Å². The van der Waals surface area contributed by atoms with E-state index in [0.717, 1.165) is 30.7 Å². The third-order valence-corrected chi connectivity index (χ3v) is 5.17. The van der Waals surface area contributed by atoms with Gasteiger partial charge >= 0.3 is 0 Å². The van der Waals surface area contributed by atoms with Gasteiger partial charge in [-0.05, 0) is 66.0 Å². The summed E-state index contributed by atoms with van der Waals surface area (Å²) in [7, 11) is 0. The molecule has 0 bridgehead atoms. The van der Waals surface area contributed by atoms with Gasteiger partial charge in [0.1, 0.15) is 0 Å². The van der Waals surface area contributed by atoms with E-state index in [1.165, 1.54) is 41.5 Å². The molecule has 0 saturated carbocycles. The van der Waals surface area contributed by atoms with Crippen LogP contribution in [0.25, 0.3) is 11.1 Å². The molecule has 0 radical (unpaired) electrons. The largest absolute Gasteiger partial charge is 0.0726 e. The molecule has 0 nitrogen and oxygen atoms in total. The minimum Gasteiger partial charge on any atom is -0.0726 e. The average Bonchev–Trinajstić information content (AvgIpc) is 2.68. The third-order valence-electron chi connectivity index (χ3n) is 5.17. The van der Waals surface area contributed by atoms with Crippen LogP contribution in [0, 0.1) is 17.8 Å². The molecule has 2 aromatic carbocycles. The minimum absolute atomic E-state index is 0.867. The number of hydrogen-bond acceptors (Lipinski definition) is 0. The van der Waals surface area contributed by atoms with Crippen LogP contribution in [0.4, 0.5) is 0 Å². The molecule has 2 aromatic rings. The quantitative estimate of drug-likeness (QED) is 0.542. The van der Waals surface area contributed by atoms with Crippen LogP contribution in [-0.2, 0) is 6.42 Å². The number of allylic oxidation sites excluding steroid dienone is 2. The smallest absolute Gasteiger partial charge is 0.0252 e. The van der Waals surface area contributed by atoms with E-state index < -0.39 is 0 Å². The van der Waals surface area contributed by atoms with Crippen LogP contribution in [0.5, 0.6) is 0 Å². The second-order valence-corrected chi connectivity index (χ2v) is 7.02. The third kappa shape index (κ3) is 4.64. The van der Waals surface area contributed by atoms with Crippen LogP contribution < -0.4 is 0 Å². The van der Waals surface area contributed by atoms with Crippen molar-refractivity contribution in [2.24, 2.45) is 5.92 Å². The van der Waals surface area contributed by atoms with Crippen LogP contribution in [0.2, 0.25) is 0 Å². The van der Waals surface area contributed by atoms with Crippen LogP contribution in [-0.4, -0.2) is 0 Å². The highest BCUT2D eigenvalue weighted by Crippen LogP contribution is 2.27. The molecule has 0 aromatic heterocycles. The number of aryl methyl sites for hydroxylation is 1. The molecule has 0 heterocycles. The van der Waals surface area contributed by atoms with E-state index in [9.17, 15) is 0 Å². The van der Waals surface area contributed by atoms with E-state index in [2.05, 4.69) is 80.3 Å². The summed E-state index contributed by atoms with van der Waals surface area (Å²) in [6, 6.07) is 17.4. The van der Waals surface area contributed by atoms with Crippen molar-refractivity contribution in [2.75, 3.05) is 0 Å². The van der Waals surface area contributed by atoms with Crippen LogP contribution >= 0.6 is 0 Å². The van der Waals surface area contributed by atoms with Crippen molar-refractivity contribution in [2.45, 2.75) is 52.4 Å². The Hall–Kier alpha value is -2.26. The number of hydrogen-bond donors (Lipinski definition) is 0. The first-order valence-electron chi connectivity index (χ1n) is 9.69. The lowest BCUT2D eigenvalue weighted by atomic mass is 9.88. The van der Waals surface area contributed by atoms with Gasteiger partial charge < -0.3 is 0 Å². The zero-order valence-electron chi connectivity index (χ0n) is 15.5. The molecule has 0 aliphatic heterocycles. The van der Waals surface area contributed by atoms with Gasteiger partial charge in [0, 0.05) is 5.56 Å². The van der Waals surface area contributed by atoms with E-state index in [0.29, 0.717) is 0 Å². The Kier molecular flexibility index (Phi) is 6.13. The summed E-state index contributed by atoms with van der Waals surface area (Å²) >= 11 is 0. The van der Waals surface area contributed by atoms with Gasteiger partial charge in [0.05, 0.1) is 0 Å². The van der Waals surface area contributed by atoms with E-state index in [4.69, 9.17) is 0 Å². The van der Waals surface area contributed by atoms with E-state index in [1.54, 1.807) is 0 Å². The summed E-state index contributed by atoms with van der Waals surface area (Å²) in [6.45, 7) is 4.53. The highest BCUT2D eigenvalue weighted by molar-refractivity contribution is 5.68. The van der Waals surface area contributed by atoms with Gasteiger partial charge in [-0.3, -0.25) is 0 Å². The van der Waals surface area contributed by atoms with Crippen LogP contribution in [0.1, 0.15) is 57.1 Å². The summed E-state index contributed by atoms with van der Waals surface area (Å²) in [5, 5.41) is 0. The fourth-order valence-electron chi connectivity index (χ4n) is 3.57. The van der Waals surface area contributed by atoms with Gasteiger partial charge in [-0.25, -0.2) is 0 Å². The maximum absolute atomic E-state index is 3.42. The lowest BCUT2D eigenvalue weighted by molar-refractivity contribution is 0.460. The molecule has 0 fully saturated rings. The van der Waals surface area contributed by atoms with Crippen molar-refractivity contribution in [3.63, 3.8) is 0 Å². The van der Waals surface area contributed by atoms with Gasteiger partial charge in [-0.2, -0.15) is 0 Å². The normalized spacial score (nSPS) is 16.7. The van der Waals surface area contributed by atoms with Crippen molar-refractivity contribution < 1.29 is 0 Å². The van der Waals surface area contributed by atoms with Crippen molar-refractivity contribution in [3.05, 3.63) is 71.3 Å². The first kappa shape index (κ1) is 17.6. The molecule has 0 heteroatoms. The Balaban J connectivity index is 1.83. The molecule has 1 atom stereocenters. The summed E-state index contributed by atoms with van der Waals surface area (Å²) < 4.78 is 0. The lowest BCUT2D eigenvalue weighted by Crippen LogP contribution is -2.03. The topological polar surface area (TPSA) is 0 Å². The van der Waals surface area contributed by atoms with Gasteiger partial charge in [0.25, 0.3) is 0 Å². The molecule has 25 heavy (non-hydrogen) atoms. The molecule has 0 amide bonds. The Morgan fingerprint density at radius 2 is 1.84 bits per heavy atom. The fourth-order valence-corrected chi connectivity index (χ4v) is 3.57. The molecule has 0 saturated heterocycles. The van der Waals surface area contributed by atoms with Crippen LogP contribution in [0.15, 0.2) is 60.2 Å². The predicted molar refractivity (Wildman–Crippen MR) is 108 cm³/mol. The molecule has 128 valence electrons. The molecule has 0 spiro atoms. The molecule has 1 aliphatic rings. The van der Waals surface area contributed by atoms with Crippen molar-refractivity contribution in [3.8, 4) is 23.0 Å². The second kappa shape index (κ2) is 8.72. The molecule has 1 unspecified atom stereocenters. The predicted octanol–water partition coefficient (Wildman–Crippen LogP) is 6.79. The maximum atomic E-state index is 3.42. The van der Waals surface area contributed by atoms with E-state index in [1.807, 2.05) is 0 Å². The van der Waals surface area contributed by atoms with Crippen molar-refractivity contribution in [1.82, 2.24) is 0 Å². The number of rotatable bonds is 4. The summed E-state index contributed by atoms with van der Waals surface area (Å²) in [4.78, 5) is 0. The Morgan fingerprint density at radius 3 is 2.52 bits per heavy atom. The Labute approximate surface area is 153 Å². The number of benzene rings is 2. The minimum atomic E-state index is 0.867. The standard InChI is InChI=1S/C25H28/c1-3-8-24-19-22(16-15-21-13-11-20(4-2)12-14-21)17-18-25(24)23-9-6-5-7-10-23/h5-7,9-10,13,17-20H,3-4,8,11-12,14H2,1-2H3.